The molecule has 27 heavy (non-hydrogen) atoms. The number of fused-ring (bicyclic) bond motifs is 1. The van der Waals surface area contributed by atoms with E-state index in [-0.39, 0.29) is 12.2 Å². The normalized spacial score (nSPS) is 13.4. The number of para-hydroxylation sites is 1. The van der Waals surface area contributed by atoms with E-state index in [0.717, 1.165) is 27.6 Å². The number of aromatic nitrogens is 1. The molecule has 5 heteroatoms. The minimum Gasteiger partial charge on any atom is -0.481 e. The molecule has 1 heterocycles. The predicted octanol–water partition coefficient (Wildman–Crippen LogP) is 3.25. The first-order valence-corrected chi connectivity index (χ1v) is 9.05. The van der Waals surface area contributed by atoms with Crippen molar-refractivity contribution in [3.8, 4) is 0 Å². The summed E-state index contributed by atoms with van der Waals surface area (Å²) in [5.41, 5.74) is 10.1. The van der Waals surface area contributed by atoms with Crippen LogP contribution in [0.4, 0.5) is 0 Å². The van der Waals surface area contributed by atoms with Crippen molar-refractivity contribution in [3.05, 3.63) is 71.4 Å². The summed E-state index contributed by atoms with van der Waals surface area (Å²) in [5, 5.41) is 10.6. The van der Waals surface area contributed by atoms with E-state index >= 15 is 0 Å². The lowest BCUT2D eigenvalue weighted by Crippen LogP contribution is -2.35. The molecule has 2 atom stereocenters. The Bertz CT molecular complexity index is 944. The Kier molecular flexibility index (Phi) is 5.72. The maximum absolute atomic E-state index is 12.6. The van der Waals surface area contributed by atoms with Crippen LogP contribution in [0.3, 0.4) is 0 Å². The van der Waals surface area contributed by atoms with Crippen molar-refractivity contribution in [2.75, 3.05) is 0 Å². The van der Waals surface area contributed by atoms with Gasteiger partial charge in [-0.2, -0.15) is 0 Å². The Morgan fingerprint density at radius 1 is 1.07 bits per heavy atom. The summed E-state index contributed by atoms with van der Waals surface area (Å²) in [6.07, 6.45) is 2.51. The van der Waals surface area contributed by atoms with Gasteiger partial charge < -0.3 is 15.8 Å². The topological polar surface area (TPSA) is 96.2 Å². The first-order valence-electron chi connectivity index (χ1n) is 9.05. The summed E-state index contributed by atoms with van der Waals surface area (Å²) in [6.45, 7) is 1.98. The fourth-order valence-corrected chi connectivity index (χ4v) is 3.30. The van der Waals surface area contributed by atoms with E-state index in [9.17, 15) is 14.7 Å². The zero-order valence-corrected chi connectivity index (χ0v) is 15.3. The summed E-state index contributed by atoms with van der Waals surface area (Å²) in [5.74, 6) is -1.96. The fourth-order valence-electron chi connectivity index (χ4n) is 3.30. The number of aryl methyl sites for hydroxylation is 1. The van der Waals surface area contributed by atoms with E-state index in [0.29, 0.717) is 12.8 Å². The standard InChI is InChI=1S/C22H24N2O3/c1-14-6-8-15(9-7-14)10-16(22(26)27)12-21(25)19(23)11-17-13-24-20-5-3-2-4-18(17)20/h2-9,13,16,19,24H,10-12,23H2,1H3,(H,26,27)/t16?,19-/m0/s1. The number of H-pyrrole nitrogens is 1. The molecule has 5 nitrogen and oxygen atoms in total. The van der Waals surface area contributed by atoms with Gasteiger partial charge in [0, 0.05) is 23.5 Å². The van der Waals surface area contributed by atoms with Gasteiger partial charge in [0.2, 0.25) is 0 Å². The minimum atomic E-state index is -0.969. The molecule has 0 aliphatic heterocycles. The Balaban J connectivity index is 1.66. The number of Topliss-reactive ketones (excluding diaryl/α,β-unsaturated/α-hetero) is 1. The molecule has 4 N–H and O–H groups in total. The van der Waals surface area contributed by atoms with Gasteiger partial charge >= 0.3 is 5.97 Å². The lowest BCUT2D eigenvalue weighted by atomic mass is 9.90. The average Bonchev–Trinajstić information content (AvgIpc) is 3.05. The number of carboxylic acids is 1. The second-order valence-electron chi connectivity index (χ2n) is 7.07. The number of carbonyl (C=O) groups is 2. The van der Waals surface area contributed by atoms with Gasteiger partial charge in [0.05, 0.1) is 12.0 Å². The van der Waals surface area contributed by atoms with Crippen molar-refractivity contribution in [2.24, 2.45) is 11.7 Å². The number of aromatic amines is 1. The smallest absolute Gasteiger partial charge is 0.307 e. The molecular formula is C22H24N2O3. The highest BCUT2D eigenvalue weighted by Gasteiger charge is 2.25. The summed E-state index contributed by atoms with van der Waals surface area (Å²) < 4.78 is 0. The number of ketones is 1. The molecule has 0 saturated carbocycles. The van der Waals surface area contributed by atoms with Gasteiger partial charge in [0.25, 0.3) is 0 Å². The Hall–Kier alpha value is -2.92. The number of carboxylic acid groups (broad SMARTS) is 1. The van der Waals surface area contributed by atoms with Crippen molar-refractivity contribution >= 4 is 22.7 Å². The van der Waals surface area contributed by atoms with E-state index in [4.69, 9.17) is 5.73 Å². The molecule has 140 valence electrons. The molecule has 0 radical (unpaired) electrons. The molecule has 0 amide bonds. The van der Waals surface area contributed by atoms with Gasteiger partial charge in [-0.05, 0) is 37.0 Å². The molecule has 0 bridgehead atoms. The quantitative estimate of drug-likeness (QED) is 0.572. The molecule has 0 saturated heterocycles. The van der Waals surface area contributed by atoms with E-state index < -0.39 is 17.9 Å². The van der Waals surface area contributed by atoms with Crippen LogP contribution in [0.1, 0.15) is 23.1 Å². The van der Waals surface area contributed by atoms with Crippen molar-refractivity contribution in [1.29, 1.82) is 0 Å². The third kappa shape index (κ3) is 4.63. The number of nitrogens with one attached hydrogen (secondary N) is 1. The molecule has 2 aromatic carbocycles. The monoisotopic (exact) mass is 364 g/mol. The van der Waals surface area contributed by atoms with Crippen molar-refractivity contribution in [2.45, 2.75) is 32.2 Å². The number of nitrogens with two attached hydrogens (primary N) is 1. The maximum atomic E-state index is 12.6. The Morgan fingerprint density at radius 3 is 2.48 bits per heavy atom. The van der Waals surface area contributed by atoms with Crippen molar-refractivity contribution in [3.63, 3.8) is 0 Å². The lowest BCUT2D eigenvalue weighted by molar-refractivity contribution is -0.143. The number of rotatable bonds is 8. The van der Waals surface area contributed by atoms with Crippen LogP contribution in [0.5, 0.6) is 0 Å². The SMILES string of the molecule is Cc1ccc(CC(CC(=O)[C@@H](N)Cc2c[nH]c3ccccc23)C(=O)O)cc1. The molecule has 0 spiro atoms. The van der Waals surface area contributed by atoms with Crippen molar-refractivity contribution < 1.29 is 14.7 Å². The molecule has 0 aliphatic rings. The van der Waals surface area contributed by atoms with E-state index in [1.807, 2.05) is 61.7 Å². The zero-order chi connectivity index (χ0) is 19.4. The predicted molar refractivity (Wildman–Crippen MR) is 106 cm³/mol. The fraction of sp³-hybridized carbons (Fsp3) is 0.273. The summed E-state index contributed by atoms with van der Waals surface area (Å²) >= 11 is 0. The number of carbonyl (C=O) groups excluding carboxylic acids is 1. The second kappa shape index (κ2) is 8.18. The van der Waals surface area contributed by atoms with Crippen LogP contribution in [-0.2, 0) is 22.4 Å². The first-order chi connectivity index (χ1) is 12.9. The highest BCUT2D eigenvalue weighted by molar-refractivity contribution is 5.89. The van der Waals surface area contributed by atoms with Gasteiger partial charge in [-0.3, -0.25) is 9.59 Å². The highest BCUT2D eigenvalue weighted by atomic mass is 16.4. The summed E-state index contributed by atoms with van der Waals surface area (Å²) in [6, 6.07) is 14.8. The van der Waals surface area contributed by atoms with Crippen molar-refractivity contribution in [1.82, 2.24) is 4.98 Å². The van der Waals surface area contributed by atoms with Gasteiger partial charge in [0.1, 0.15) is 0 Å². The molecule has 1 aromatic heterocycles. The van der Waals surface area contributed by atoms with Gasteiger partial charge in [0.15, 0.2) is 5.78 Å². The van der Waals surface area contributed by atoms with Crippen LogP contribution in [0.25, 0.3) is 10.9 Å². The molecule has 3 aromatic rings. The van der Waals surface area contributed by atoms with Crippen LogP contribution in [0, 0.1) is 12.8 Å². The highest BCUT2D eigenvalue weighted by Crippen LogP contribution is 2.20. The Morgan fingerprint density at radius 2 is 1.78 bits per heavy atom. The van der Waals surface area contributed by atoms with Gasteiger partial charge in [-0.1, -0.05) is 48.0 Å². The molecular weight excluding hydrogens is 340 g/mol. The number of hydrogen-bond donors (Lipinski definition) is 3. The molecule has 0 fully saturated rings. The van der Waals surface area contributed by atoms with Gasteiger partial charge in [-0.15, -0.1) is 0 Å². The third-order valence-electron chi connectivity index (χ3n) is 4.93. The van der Waals surface area contributed by atoms with E-state index in [1.54, 1.807) is 0 Å². The lowest BCUT2D eigenvalue weighted by Gasteiger charge is -2.15. The minimum absolute atomic E-state index is 0.0628. The Labute approximate surface area is 158 Å². The summed E-state index contributed by atoms with van der Waals surface area (Å²) in [7, 11) is 0. The largest absolute Gasteiger partial charge is 0.481 e. The zero-order valence-electron chi connectivity index (χ0n) is 15.3. The van der Waals surface area contributed by atoms with E-state index in [2.05, 4.69) is 4.98 Å². The summed E-state index contributed by atoms with van der Waals surface area (Å²) in [4.78, 5) is 27.4. The number of benzene rings is 2. The second-order valence-corrected chi connectivity index (χ2v) is 7.07. The van der Waals surface area contributed by atoms with E-state index in [1.165, 1.54) is 0 Å². The van der Waals surface area contributed by atoms with Crippen LogP contribution < -0.4 is 5.73 Å². The van der Waals surface area contributed by atoms with Crippen LogP contribution in [0.15, 0.2) is 54.7 Å². The molecule has 3 rings (SSSR count). The molecule has 1 unspecified atom stereocenters. The van der Waals surface area contributed by atoms with Gasteiger partial charge in [-0.25, -0.2) is 0 Å². The van der Waals surface area contributed by atoms with Crippen LogP contribution in [0.2, 0.25) is 0 Å². The molecule has 0 aliphatic carbocycles. The first kappa shape index (κ1) is 18.9. The number of aliphatic carboxylic acids is 1. The maximum Gasteiger partial charge on any atom is 0.307 e. The third-order valence-corrected chi connectivity index (χ3v) is 4.93. The number of hydrogen-bond acceptors (Lipinski definition) is 3. The van der Waals surface area contributed by atoms with Crippen LogP contribution >= 0.6 is 0 Å². The van der Waals surface area contributed by atoms with Crippen LogP contribution in [-0.4, -0.2) is 27.9 Å². The average molecular weight is 364 g/mol.